The van der Waals surface area contributed by atoms with Crippen LogP contribution in [0.15, 0.2) is 89.1 Å². The lowest BCUT2D eigenvalue weighted by atomic mass is 9.66. The van der Waals surface area contributed by atoms with E-state index in [2.05, 4.69) is 32.1 Å². The van der Waals surface area contributed by atoms with E-state index >= 15 is 0 Å². The minimum Gasteiger partial charge on any atom is -0.478 e. The molecule has 1 aliphatic rings. The van der Waals surface area contributed by atoms with E-state index in [9.17, 15) is 9.59 Å². The van der Waals surface area contributed by atoms with Crippen molar-refractivity contribution in [1.29, 1.82) is 0 Å². The summed E-state index contributed by atoms with van der Waals surface area (Å²) in [5.74, 6) is -0.688. The molecule has 0 radical (unpaired) electrons. The first-order valence-corrected chi connectivity index (χ1v) is 10.3. The molecule has 0 aliphatic heterocycles. The summed E-state index contributed by atoms with van der Waals surface area (Å²) >= 11 is 0. The standard InChI is InChI=1S/C27H32O3/c1-19(10-9-11-20(2)16-25(28)29)14-15-24-21(3)26(30)23(18-27(24,4)5)17-22-12-7-6-8-13-22/h6-16,23H,17-18H2,1-5H3,(H,28,29)/b11-9+,15-14+,19-10+,20-16+. The van der Waals surface area contributed by atoms with Crippen molar-refractivity contribution in [3.63, 3.8) is 0 Å². The summed E-state index contributed by atoms with van der Waals surface area (Å²) in [5, 5.41) is 8.75. The van der Waals surface area contributed by atoms with Gasteiger partial charge in [-0.05, 0) is 61.3 Å². The van der Waals surface area contributed by atoms with Gasteiger partial charge in [0.15, 0.2) is 5.78 Å². The quantitative estimate of drug-likeness (QED) is 0.432. The first kappa shape index (κ1) is 23.3. The molecule has 0 amide bonds. The molecule has 0 fully saturated rings. The summed E-state index contributed by atoms with van der Waals surface area (Å²) in [6, 6.07) is 10.2. The number of benzene rings is 1. The molecular weight excluding hydrogens is 372 g/mol. The van der Waals surface area contributed by atoms with E-state index in [0.717, 1.165) is 29.6 Å². The van der Waals surface area contributed by atoms with Gasteiger partial charge in [-0.2, -0.15) is 0 Å². The van der Waals surface area contributed by atoms with Crippen LogP contribution in [0.5, 0.6) is 0 Å². The van der Waals surface area contributed by atoms with Crippen molar-refractivity contribution in [2.45, 2.75) is 47.5 Å². The third-order valence-electron chi connectivity index (χ3n) is 5.54. The van der Waals surface area contributed by atoms with Crippen molar-refractivity contribution < 1.29 is 14.7 Å². The van der Waals surface area contributed by atoms with Gasteiger partial charge in [-0.15, -0.1) is 0 Å². The molecule has 0 aromatic heterocycles. The number of hydrogen-bond donors (Lipinski definition) is 1. The van der Waals surface area contributed by atoms with Gasteiger partial charge < -0.3 is 5.11 Å². The summed E-state index contributed by atoms with van der Waals surface area (Å²) in [6.07, 6.45) is 12.4. The van der Waals surface area contributed by atoms with Gasteiger partial charge >= 0.3 is 5.97 Å². The number of allylic oxidation sites excluding steroid dienone is 9. The molecule has 0 bridgehead atoms. The Morgan fingerprint density at radius 3 is 2.43 bits per heavy atom. The van der Waals surface area contributed by atoms with Gasteiger partial charge in [0.25, 0.3) is 0 Å². The molecule has 0 heterocycles. The van der Waals surface area contributed by atoms with Gasteiger partial charge in [0.1, 0.15) is 0 Å². The average Bonchev–Trinajstić information content (AvgIpc) is 2.65. The fourth-order valence-corrected chi connectivity index (χ4v) is 4.04. The maximum atomic E-state index is 13.0. The van der Waals surface area contributed by atoms with E-state index in [-0.39, 0.29) is 17.1 Å². The Kier molecular flexibility index (Phi) is 7.93. The van der Waals surface area contributed by atoms with Gasteiger partial charge in [-0.25, -0.2) is 4.79 Å². The van der Waals surface area contributed by atoms with Gasteiger partial charge in [0.2, 0.25) is 0 Å². The van der Waals surface area contributed by atoms with E-state index in [1.165, 1.54) is 11.6 Å². The zero-order valence-corrected chi connectivity index (χ0v) is 18.6. The highest BCUT2D eigenvalue weighted by Crippen LogP contribution is 2.43. The van der Waals surface area contributed by atoms with Gasteiger partial charge in [0, 0.05) is 12.0 Å². The molecule has 1 unspecified atom stereocenters. The number of carbonyl (C=O) groups is 2. The molecule has 1 aliphatic carbocycles. The lowest BCUT2D eigenvalue weighted by Gasteiger charge is -2.37. The minimum atomic E-state index is -0.949. The van der Waals surface area contributed by atoms with Crippen LogP contribution in [0.4, 0.5) is 0 Å². The lowest BCUT2D eigenvalue weighted by Crippen LogP contribution is -2.33. The second-order valence-electron chi connectivity index (χ2n) is 8.71. The summed E-state index contributed by atoms with van der Waals surface area (Å²) in [5.41, 5.74) is 4.78. The SMILES string of the molecule is CC1=C(/C=C/C(C)=C/C=C/C(C)=C/C(=O)O)C(C)(C)CC(Cc2ccccc2)C1=O. The Morgan fingerprint density at radius 2 is 1.80 bits per heavy atom. The maximum Gasteiger partial charge on any atom is 0.328 e. The highest BCUT2D eigenvalue weighted by atomic mass is 16.4. The number of carboxylic acids is 1. The fourth-order valence-electron chi connectivity index (χ4n) is 4.04. The second kappa shape index (κ2) is 10.2. The average molecular weight is 405 g/mol. The Morgan fingerprint density at radius 1 is 1.13 bits per heavy atom. The van der Waals surface area contributed by atoms with Crippen molar-refractivity contribution in [2.75, 3.05) is 0 Å². The molecule has 0 spiro atoms. The minimum absolute atomic E-state index is 0.0168. The van der Waals surface area contributed by atoms with Gasteiger partial charge in [-0.3, -0.25) is 4.79 Å². The molecule has 0 saturated carbocycles. The molecular formula is C27H32O3. The number of Topliss-reactive ketones (excluding diaryl/α,β-unsaturated/α-hetero) is 1. The van der Waals surface area contributed by atoms with Crippen LogP contribution in [0.2, 0.25) is 0 Å². The predicted octanol–water partition coefficient (Wildman–Crippen LogP) is 6.25. The normalized spacial score (nSPS) is 20.4. The molecule has 3 heteroatoms. The number of carbonyl (C=O) groups excluding carboxylic acids is 1. The topological polar surface area (TPSA) is 54.4 Å². The molecule has 30 heavy (non-hydrogen) atoms. The Labute approximate surface area is 180 Å². The summed E-state index contributed by atoms with van der Waals surface area (Å²) in [6.45, 7) is 10.1. The summed E-state index contributed by atoms with van der Waals surface area (Å²) < 4.78 is 0. The number of hydrogen-bond acceptors (Lipinski definition) is 2. The van der Waals surface area contributed by atoms with Crippen molar-refractivity contribution in [3.05, 3.63) is 94.6 Å². The highest BCUT2D eigenvalue weighted by Gasteiger charge is 2.37. The third kappa shape index (κ3) is 6.55. The van der Waals surface area contributed by atoms with E-state index in [4.69, 9.17) is 5.11 Å². The Hall–Kier alpha value is -2.94. The maximum absolute atomic E-state index is 13.0. The van der Waals surface area contributed by atoms with Crippen molar-refractivity contribution >= 4 is 11.8 Å². The van der Waals surface area contributed by atoms with Crippen LogP contribution in [-0.4, -0.2) is 16.9 Å². The van der Waals surface area contributed by atoms with Crippen LogP contribution in [-0.2, 0) is 16.0 Å². The predicted molar refractivity (Wildman–Crippen MR) is 123 cm³/mol. The molecule has 1 aromatic carbocycles. The van der Waals surface area contributed by atoms with E-state index in [1.54, 1.807) is 13.0 Å². The summed E-state index contributed by atoms with van der Waals surface area (Å²) in [4.78, 5) is 23.7. The Balaban J connectivity index is 2.17. The first-order valence-electron chi connectivity index (χ1n) is 10.3. The number of rotatable bonds is 7. The van der Waals surface area contributed by atoms with Crippen molar-refractivity contribution in [1.82, 2.24) is 0 Å². The molecule has 1 aromatic rings. The van der Waals surface area contributed by atoms with Gasteiger partial charge in [-0.1, -0.05) is 80.1 Å². The van der Waals surface area contributed by atoms with E-state index in [1.807, 2.05) is 50.3 Å². The van der Waals surface area contributed by atoms with E-state index < -0.39 is 5.97 Å². The molecule has 2 rings (SSSR count). The Bertz CT molecular complexity index is 938. The van der Waals surface area contributed by atoms with Crippen LogP contribution in [0.1, 0.15) is 46.6 Å². The first-order chi connectivity index (χ1) is 14.1. The zero-order valence-electron chi connectivity index (χ0n) is 18.6. The van der Waals surface area contributed by atoms with E-state index in [0.29, 0.717) is 5.57 Å². The molecule has 1 N–H and O–H groups in total. The number of carboxylic acid groups (broad SMARTS) is 1. The largest absolute Gasteiger partial charge is 0.478 e. The lowest BCUT2D eigenvalue weighted by molar-refractivity contribution is -0.131. The zero-order chi connectivity index (χ0) is 22.3. The fraction of sp³-hybridized carbons (Fsp3) is 0.333. The molecule has 0 saturated heterocycles. The van der Waals surface area contributed by atoms with Crippen molar-refractivity contribution in [3.8, 4) is 0 Å². The molecule has 3 nitrogen and oxygen atoms in total. The molecule has 1 atom stereocenters. The van der Waals surface area contributed by atoms with Crippen molar-refractivity contribution in [2.24, 2.45) is 11.3 Å². The van der Waals surface area contributed by atoms with Gasteiger partial charge in [0.05, 0.1) is 0 Å². The van der Waals surface area contributed by atoms with Crippen LogP contribution in [0, 0.1) is 11.3 Å². The van der Waals surface area contributed by atoms with Crippen LogP contribution >= 0.6 is 0 Å². The molecule has 158 valence electrons. The third-order valence-corrected chi connectivity index (χ3v) is 5.54. The number of aliphatic carboxylic acids is 1. The smallest absolute Gasteiger partial charge is 0.328 e. The monoisotopic (exact) mass is 404 g/mol. The highest BCUT2D eigenvalue weighted by molar-refractivity contribution is 5.99. The second-order valence-corrected chi connectivity index (χ2v) is 8.71. The van der Waals surface area contributed by atoms with Crippen LogP contribution < -0.4 is 0 Å². The van der Waals surface area contributed by atoms with Crippen LogP contribution in [0.25, 0.3) is 0 Å². The summed E-state index contributed by atoms with van der Waals surface area (Å²) in [7, 11) is 0. The number of ketones is 1. The van der Waals surface area contributed by atoms with Crippen LogP contribution in [0.3, 0.4) is 0 Å².